The van der Waals surface area contributed by atoms with Crippen molar-refractivity contribution in [3.05, 3.63) is 23.8 Å². The van der Waals surface area contributed by atoms with Crippen molar-refractivity contribution in [3.8, 4) is 11.5 Å². The van der Waals surface area contributed by atoms with Crippen molar-refractivity contribution < 1.29 is 42.9 Å². The molecule has 220 valence electrons. The fraction of sp³-hybridized carbons (Fsp3) is 0.655. The number of hydrogen-bond acceptors (Lipinski definition) is 10. The molecule has 39 heavy (non-hydrogen) atoms. The molecule has 0 saturated carbocycles. The predicted molar refractivity (Wildman–Crippen MR) is 145 cm³/mol. The van der Waals surface area contributed by atoms with Crippen molar-refractivity contribution in [1.29, 1.82) is 0 Å². The lowest BCUT2D eigenvalue weighted by atomic mass is 9.88. The molecule has 0 aromatic heterocycles. The van der Waals surface area contributed by atoms with Crippen LogP contribution in [0.15, 0.2) is 18.2 Å². The second-order valence-corrected chi connectivity index (χ2v) is 12.6. The van der Waals surface area contributed by atoms with Crippen LogP contribution in [0, 0.1) is 16.7 Å². The highest BCUT2D eigenvalue weighted by molar-refractivity contribution is 5.81. The first-order chi connectivity index (χ1) is 17.8. The van der Waals surface area contributed by atoms with Crippen LogP contribution < -0.4 is 15.2 Å². The molecule has 0 radical (unpaired) electrons. The van der Waals surface area contributed by atoms with E-state index in [4.69, 9.17) is 29.4 Å². The third-order valence-electron chi connectivity index (χ3n) is 5.22. The van der Waals surface area contributed by atoms with Gasteiger partial charge in [0.2, 0.25) is 0 Å². The van der Waals surface area contributed by atoms with Gasteiger partial charge in [-0.05, 0) is 34.4 Å². The summed E-state index contributed by atoms with van der Waals surface area (Å²) >= 11 is 0. The molecule has 0 fully saturated rings. The van der Waals surface area contributed by atoms with Crippen LogP contribution in [0.4, 0.5) is 4.79 Å². The summed E-state index contributed by atoms with van der Waals surface area (Å²) in [6.07, 6.45) is -0.676. The van der Waals surface area contributed by atoms with Crippen molar-refractivity contribution in [2.24, 2.45) is 22.5 Å². The predicted octanol–water partition coefficient (Wildman–Crippen LogP) is 4.98. The van der Waals surface area contributed by atoms with Crippen molar-refractivity contribution in [2.75, 3.05) is 20.3 Å². The Kier molecular flexibility index (Phi) is 12.4. The topological polar surface area (TPSA) is 140 Å². The Morgan fingerprint density at radius 2 is 1.38 bits per heavy atom. The summed E-state index contributed by atoms with van der Waals surface area (Å²) in [5.41, 5.74) is 4.73. The molecule has 1 aromatic carbocycles. The van der Waals surface area contributed by atoms with Crippen LogP contribution in [0.2, 0.25) is 0 Å². The molecule has 2 N–H and O–H groups in total. The first kappa shape index (κ1) is 33.9. The molecule has 1 unspecified atom stereocenters. The molecule has 0 aliphatic carbocycles. The van der Waals surface area contributed by atoms with Gasteiger partial charge in [-0.15, -0.1) is 0 Å². The summed E-state index contributed by atoms with van der Waals surface area (Å²) < 4.78 is 26.1. The SMILES string of the molecule is COC(=O)C(N)(CCOC(=O)OCC(C)C)Cc1ccc(OC(=O)CC(C)(C)C)c(OC(=O)CC(C)(C)C)c1. The number of carbonyl (C=O) groups excluding carboxylic acids is 4. The highest BCUT2D eigenvalue weighted by Gasteiger charge is 2.36. The van der Waals surface area contributed by atoms with Gasteiger partial charge < -0.3 is 29.4 Å². The molecule has 1 rings (SSSR count). The maximum absolute atomic E-state index is 12.6. The van der Waals surface area contributed by atoms with E-state index in [0.29, 0.717) is 5.56 Å². The van der Waals surface area contributed by atoms with Crippen molar-refractivity contribution in [2.45, 2.75) is 86.6 Å². The Balaban J connectivity index is 3.18. The van der Waals surface area contributed by atoms with E-state index in [0.717, 1.165) is 0 Å². The Labute approximate surface area is 231 Å². The Hall–Kier alpha value is -3.14. The molecule has 10 heteroatoms. The molecule has 0 bridgehead atoms. The van der Waals surface area contributed by atoms with E-state index in [1.807, 2.05) is 55.4 Å². The second-order valence-electron chi connectivity index (χ2n) is 12.6. The number of carbonyl (C=O) groups is 4. The summed E-state index contributed by atoms with van der Waals surface area (Å²) in [4.78, 5) is 49.5. The van der Waals surface area contributed by atoms with Crippen LogP contribution >= 0.6 is 0 Å². The van der Waals surface area contributed by atoms with Crippen LogP contribution in [-0.2, 0) is 35.0 Å². The lowest BCUT2D eigenvalue weighted by molar-refractivity contribution is -0.148. The number of methoxy groups -OCH3 is 1. The number of ether oxygens (including phenoxy) is 5. The molecule has 0 spiro atoms. The highest BCUT2D eigenvalue weighted by Crippen LogP contribution is 2.33. The van der Waals surface area contributed by atoms with E-state index in [9.17, 15) is 19.2 Å². The van der Waals surface area contributed by atoms with Crippen molar-refractivity contribution >= 4 is 24.1 Å². The zero-order valence-electron chi connectivity index (χ0n) is 24.8. The van der Waals surface area contributed by atoms with Crippen LogP contribution in [-0.4, -0.2) is 49.9 Å². The molecule has 0 amide bonds. The van der Waals surface area contributed by atoms with Gasteiger partial charge in [0.25, 0.3) is 0 Å². The Morgan fingerprint density at radius 1 is 0.846 bits per heavy atom. The van der Waals surface area contributed by atoms with E-state index in [-0.39, 0.29) is 67.1 Å². The van der Waals surface area contributed by atoms with Gasteiger partial charge >= 0.3 is 24.1 Å². The number of hydrogen-bond donors (Lipinski definition) is 1. The third kappa shape index (κ3) is 13.5. The van der Waals surface area contributed by atoms with Crippen LogP contribution in [0.5, 0.6) is 11.5 Å². The number of benzene rings is 1. The summed E-state index contributed by atoms with van der Waals surface area (Å²) in [5, 5.41) is 0. The number of nitrogens with two attached hydrogens (primary N) is 1. The molecule has 0 aliphatic heterocycles. The Bertz CT molecular complexity index is 1000. The molecule has 0 saturated heterocycles. The van der Waals surface area contributed by atoms with Gasteiger partial charge in [0, 0.05) is 12.8 Å². The van der Waals surface area contributed by atoms with Crippen LogP contribution in [0.3, 0.4) is 0 Å². The molecular formula is C29H45NO9. The zero-order chi connectivity index (χ0) is 30.0. The average molecular weight is 552 g/mol. The van der Waals surface area contributed by atoms with E-state index in [2.05, 4.69) is 0 Å². The van der Waals surface area contributed by atoms with E-state index < -0.39 is 29.6 Å². The summed E-state index contributed by atoms with van der Waals surface area (Å²) in [5.74, 6) is -1.45. The second kappa shape index (κ2) is 14.3. The molecule has 1 atom stereocenters. The standard InChI is InChI=1S/C29H45NO9/c1-19(2)18-37-26(34)36-13-12-29(30,25(33)35-9)15-20-10-11-21(38-23(31)16-27(3,4)5)22(14-20)39-24(32)17-28(6,7)8/h10-11,14,19H,12-13,15-18,30H2,1-9H3. The van der Waals surface area contributed by atoms with Gasteiger partial charge in [-0.3, -0.25) is 14.4 Å². The monoisotopic (exact) mass is 551 g/mol. The number of esters is 3. The summed E-state index contributed by atoms with van der Waals surface area (Å²) in [7, 11) is 1.21. The zero-order valence-corrected chi connectivity index (χ0v) is 24.8. The smallest absolute Gasteiger partial charge is 0.468 e. The minimum absolute atomic E-state index is 0.0322. The summed E-state index contributed by atoms with van der Waals surface area (Å²) in [6, 6.07) is 4.61. The minimum Gasteiger partial charge on any atom is -0.468 e. The molecule has 1 aromatic rings. The lowest BCUT2D eigenvalue weighted by Gasteiger charge is -2.27. The van der Waals surface area contributed by atoms with Gasteiger partial charge in [0.15, 0.2) is 11.5 Å². The maximum atomic E-state index is 12.6. The Morgan fingerprint density at radius 3 is 1.87 bits per heavy atom. The van der Waals surface area contributed by atoms with Gasteiger partial charge in [-0.1, -0.05) is 61.5 Å². The molecule has 0 aliphatic rings. The van der Waals surface area contributed by atoms with Crippen LogP contribution in [0.1, 0.15) is 80.2 Å². The number of rotatable bonds is 12. The first-order valence-electron chi connectivity index (χ1n) is 13.0. The fourth-order valence-corrected chi connectivity index (χ4v) is 3.43. The molecule has 10 nitrogen and oxygen atoms in total. The first-order valence-corrected chi connectivity index (χ1v) is 13.0. The van der Waals surface area contributed by atoms with Crippen molar-refractivity contribution in [3.63, 3.8) is 0 Å². The van der Waals surface area contributed by atoms with E-state index in [1.54, 1.807) is 6.07 Å². The normalized spacial score (nSPS) is 13.3. The molecule has 0 heterocycles. The maximum Gasteiger partial charge on any atom is 0.508 e. The van der Waals surface area contributed by atoms with Gasteiger partial charge in [0.05, 0.1) is 33.2 Å². The summed E-state index contributed by atoms with van der Waals surface area (Å²) in [6.45, 7) is 15.2. The quantitative estimate of drug-likeness (QED) is 0.279. The highest BCUT2D eigenvalue weighted by atomic mass is 16.7. The fourth-order valence-electron chi connectivity index (χ4n) is 3.43. The van der Waals surface area contributed by atoms with Crippen molar-refractivity contribution in [1.82, 2.24) is 0 Å². The van der Waals surface area contributed by atoms with Gasteiger partial charge in [-0.25, -0.2) is 4.79 Å². The lowest BCUT2D eigenvalue weighted by Crippen LogP contribution is -2.51. The average Bonchev–Trinajstić information content (AvgIpc) is 2.76. The minimum atomic E-state index is -1.57. The molecular weight excluding hydrogens is 506 g/mol. The van der Waals surface area contributed by atoms with E-state index in [1.165, 1.54) is 19.2 Å². The largest absolute Gasteiger partial charge is 0.508 e. The third-order valence-corrected chi connectivity index (χ3v) is 5.22. The van der Waals surface area contributed by atoms with Gasteiger partial charge in [-0.2, -0.15) is 0 Å². The van der Waals surface area contributed by atoms with Gasteiger partial charge in [0.1, 0.15) is 5.54 Å². The van der Waals surface area contributed by atoms with Crippen LogP contribution in [0.25, 0.3) is 0 Å². The van der Waals surface area contributed by atoms with E-state index >= 15 is 0 Å².